The van der Waals surface area contributed by atoms with Gasteiger partial charge >= 0.3 is 0 Å². The van der Waals surface area contributed by atoms with Crippen molar-refractivity contribution in [3.8, 4) is 0 Å². The summed E-state index contributed by atoms with van der Waals surface area (Å²) in [7, 11) is 1.78. The van der Waals surface area contributed by atoms with Gasteiger partial charge in [-0.15, -0.1) is 0 Å². The first-order valence-corrected chi connectivity index (χ1v) is 7.46. The van der Waals surface area contributed by atoms with Crippen LogP contribution in [0.2, 0.25) is 5.02 Å². The quantitative estimate of drug-likeness (QED) is 0.885. The maximum Gasteiger partial charge on any atom is 0.254 e. The Morgan fingerprint density at radius 1 is 1.47 bits per heavy atom. The molecule has 0 fully saturated rings. The third-order valence-corrected chi connectivity index (χ3v) is 4.09. The zero-order chi connectivity index (χ0) is 14.6. The fraction of sp³-hybridized carbons (Fsp3) is 0.500. The molecule has 0 heterocycles. The molecule has 19 heavy (non-hydrogen) atoms. The molecule has 0 saturated heterocycles. The average molecular weight is 348 g/mol. The molecule has 3 nitrogen and oxygen atoms in total. The van der Waals surface area contributed by atoms with Gasteiger partial charge in [0.25, 0.3) is 5.91 Å². The van der Waals surface area contributed by atoms with Crippen molar-refractivity contribution in [1.29, 1.82) is 0 Å². The first-order chi connectivity index (χ1) is 8.82. The SMILES string of the molecule is CC(C)C(N)CCN(C)C(=O)c1cc(Cl)ccc1Br. The number of nitrogens with zero attached hydrogens (tertiary/aromatic N) is 1. The van der Waals surface area contributed by atoms with Crippen LogP contribution in [0.1, 0.15) is 30.6 Å². The van der Waals surface area contributed by atoms with Gasteiger partial charge < -0.3 is 10.6 Å². The van der Waals surface area contributed by atoms with E-state index in [1.54, 1.807) is 30.1 Å². The summed E-state index contributed by atoms with van der Waals surface area (Å²) in [5, 5.41) is 0.554. The lowest BCUT2D eigenvalue weighted by Crippen LogP contribution is -2.34. The van der Waals surface area contributed by atoms with Crippen LogP contribution in [0.5, 0.6) is 0 Å². The number of rotatable bonds is 5. The molecule has 0 bridgehead atoms. The summed E-state index contributed by atoms with van der Waals surface area (Å²) in [5.41, 5.74) is 6.57. The standard InChI is InChI=1S/C14H20BrClN2O/c1-9(2)13(17)6-7-18(3)14(19)11-8-10(16)4-5-12(11)15/h4-5,8-9,13H,6-7,17H2,1-3H3. The lowest BCUT2D eigenvalue weighted by molar-refractivity contribution is 0.0788. The average Bonchev–Trinajstić information content (AvgIpc) is 2.37. The fourth-order valence-electron chi connectivity index (χ4n) is 1.64. The van der Waals surface area contributed by atoms with Crippen molar-refractivity contribution in [1.82, 2.24) is 4.90 Å². The summed E-state index contributed by atoms with van der Waals surface area (Å²) in [5.74, 6) is 0.367. The summed E-state index contributed by atoms with van der Waals surface area (Å²) in [4.78, 5) is 14.0. The van der Waals surface area contributed by atoms with Crippen molar-refractivity contribution < 1.29 is 4.79 Å². The molecule has 106 valence electrons. The predicted octanol–water partition coefficient (Wildman–Crippen LogP) is 3.55. The maximum absolute atomic E-state index is 12.3. The van der Waals surface area contributed by atoms with Gasteiger partial charge in [0.15, 0.2) is 0 Å². The number of halogens is 2. The van der Waals surface area contributed by atoms with Crippen LogP contribution in [-0.2, 0) is 0 Å². The van der Waals surface area contributed by atoms with Crippen molar-refractivity contribution in [3.63, 3.8) is 0 Å². The highest BCUT2D eigenvalue weighted by Gasteiger charge is 2.17. The molecule has 1 rings (SSSR count). The van der Waals surface area contributed by atoms with E-state index >= 15 is 0 Å². The molecule has 2 N–H and O–H groups in total. The fourth-order valence-corrected chi connectivity index (χ4v) is 2.23. The summed E-state index contributed by atoms with van der Waals surface area (Å²) < 4.78 is 0.752. The van der Waals surface area contributed by atoms with Gasteiger partial charge in [-0.3, -0.25) is 4.79 Å². The summed E-state index contributed by atoms with van der Waals surface area (Å²) in [6, 6.07) is 5.31. The van der Waals surface area contributed by atoms with Crippen LogP contribution in [-0.4, -0.2) is 30.4 Å². The second-order valence-electron chi connectivity index (χ2n) is 5.05. The Morgan fingerprint density at radius 3 is 2.68 bits per heavy atom. The lowest BCUT2D eigenvalue weighted by Gasteiger charge is -2.22. The molecule has 0 spiro atoms. The van der Waals surface area contributed by atoms with Crippen molar-refractivity contribution in [2.75, 3.05) is 13.6 Å². The third kappa shape index (κ3) is 4.79. The summed E-state index contributed by atoms with van der Waals surface area (Å²) in [6.07, 6.45) is 0.790. The van der Waals surface area contributed by atoms with E-state index in [4.69, 9.17) is 17.3 Å². The van der Waals surface area contributed by atoms with Gasteiger partial charge in [0.05, 0.1) is 5.56 Å². The first-order valence-electron chi connectivity index (χ1n) is 6.29. The van der Waals surface area contributed by atoms with Crippen LogP contribution >= 0.6 is 27.5 Å². The van der Waals surface area contributed by atoms with E-state index in [0.717, 1.165) is 10.9 Å². The number of carbonyl (C=O) groups is 1. The highest BCUT2D eigenvalue weighted by molar-refractivity contribution is 9.10. The van der Waals surface area contributed by atoms with Crippen LogP contribution in [0.25, 0.3) is 0 Å². The van der Waals surface area contributed by atoms with Gasteiger partial charge in [-0.25, -0.2) is 0 Å². The minimum absolute atomic E-state index is 0.0506. The van der Waals surface area contributed by atoms with Gasteiger partial charge in [-0.2, -0.15) is 0 Å². The Kier molecular flexibility index (Phi) is 6.30. The van der Waals surface area contributed by atoms with Gasteiger partial charge in [0.2, 0.25) is 0 Å². The van der Waals surface area contributed by atoms with E-state index in [-0.39, 0.29) is 11.9 Å². The molecular weight excluding hydrogens is 328 g/mol. The van der Waals surface area contributed by atoms with E-state index in [2.05, 4.69) is 29.8 Å². The topological polar surface area (TPSA) is 46.3 Å². The number of carbonyl (C=O) groups excluding carboxylic acids is 1. The number of hydrogen-bond donors (Lipinski definition) is 1. The molecular formula is C14H20BrClN2O. The van der Waals surface area contributed by atoms with Crippen molar-refractivity contribution >= 4 is 33.4 Å². The third-order valence-electron chi connectivity index (χ3n) is 3.16. The second-order valence-corrected chi connectivity index (χ2v) is 6.34. The number of amides is 1. The number of hydrogen-bond acceptors (Lipinski definition) is 2. The molecule has 5 heteroatoms. The van der Waals surface area contributed by atoms with E-state index in [1.807, 2.05) is 0 Å². The monoisotopic (exact) mass is 346 g/mol. The minimum Gasteiger partial charge on any atom is -0.342 e. The molecule has 0 aliphatic heterocycles. The smallest absolute Gasteiger partial charge is 0.254 e. The molecule has 0 radical (unpaired) electrons. The minimum atomic E-state index is -0.0506. The molecule has 0 saturated carbocycles. The predicted molar refractivity (Wildman–Crippen MR) is 83.5 cm³/mol. The Balaban J connectivity index is 2.69. The molecule has 1 aromatic rings. The largest absolute Gasteiger partial charge is 0.342 e. The Morgan fingerprint density at radius 2 is 2.11 bits per heavy atom. The Hall–Kier alpha value is -0.580. The molecule has 0 aliphatic rings. The van der Waals surface area contributed by atoms with E-state index in [1.165, 1.54) is 0 Å². The highest BCUT2D eigenvalue weighted by Crippen LogP contribution is 2.22. The van der Waals surface area contributed by atoms with Crippen LogP contribution in [0.15, 0.2) is 22.7 Å². The highest BCUT2D eigenvalue weighted by atomic mass is 79.9. The normalized spacial score (nSPS) is 12.6. The summed E-state index contributed by atoms with van der Waals surface area (Å²) in [6.45, 7) is 4.80. The molecule has 1 atom stereocenters. The molecule has 1 unspecified atom stereocenters. The zero-order valence-corrected chi connectivity index (χ0v) is 13.8. The van der Waals surface area contributed by atoms with Crippen LogP contribution in [0, 0.1) is 5.92 Å². The Labute approximate surface area is 128 Å². The van der Waals surface area contributed by atoms with Gasteiger partial charge in [-0.05, 0) is 46.5 Å². The maximum atomic E-state index is 12.3. The summed E-state index contributed by atoms with van der Waals surface area (Å²) >= 11 is 9.29. The molecule has 0 aliphatic carbocycles. The molecule has 0 aromatic heterocycles. The van der Waals surface area contributed by atoms with Gasteiger partial charge in [0, 0.05) is 29.1 Å². The molecule has 1 amide bonds. The van der Waals surface area contributed by atoms with E-state index in [9.17, 15) is 4.79 Å². The van der Waals surface area contributed by atoms with Crippen LogP contribution in [0.3, 0.4) is 0 Å². The van der Waals surface area contributed by atoms with Gasteiger partial charge in [0.1, 0.15) is 0 Å². The zero-order valence-electron chi connectivity index (χ0n) is 11.5. The van der Waals surface area contributed by atoms with E-state index in [0.29, 0.717) is 23.0 Å². The Bertz CT molecular complexity index is 451. The number of benzene rings is 1. The van der Waals surface area contributed by atoms with E-state index < -0.39 is 0 Å². The van der Waals surface area contributed by atoms with Crippen molar-refractivity contribution in [2.24, 2.45) is 11.7 Å². The first kappa shape index (κ1) is 16.5. The van der Waals surface area contributed by atoms with Crippen molar-refractivity contribution in [3.05, 3.63) is 33.3 Å². The molecule has 1 aromatic carbocycles. The van der Waals surface area contributed by atoms with Gasteiger partial charge in [-0.1, -0.05) is 25.4 Å². The second kappa shape index (κ2) is 7.27. The van der Waals surface area contributed by atoms with Crippen molar-refractivity contribution in [2.45, 2.75) is 26.3 Å². The lowest BCUT2D eigenvalue weighted by atomic mass is 10.0. The van der Waals surface area contributed by atoms with Crippen LogP contribution in [0.4, 0.5) is 0 Å². The number of nitrogens with two attached hydrogens (primary N) is 1. The van der Waals surface area contributed by atoms with Crippen LogP contribution < -0.4 is 5.73 Å².